The molecule has 1 rings (SSSR count). The molecule has 1 fully saturated rings. The van der Waals surface area contributed by atoms with Crippen LogP contribution in [-0.2, 0) is 14.3 Å². The first-order valence-electron chi connectivity index (χ1n) is 7.03. The number of amides is 1. The number of nitrogens with zero attached hydrogens (tertiary/aromatic N) is 1. The first-order valence-corrected chi connectivity index (χ1v) is 7.03. The van der Waals surface area contributed by atoms with Crippen LogP contribution in [-0.4, -0.2) is 52.5 Å². The molecule has 1 amide bonds. The third-order valence-electron chi connectivity index (χ3n) is 3.17. The summed E-state index contributed by atoms with van der Waals surface area (Å²) >= 11 is 0. The predicted molar refractivity (Wildman–Crippen MR) is 73.6 cm³/mol. The number of ether oxygens (including phenoxy) is 2. The molecule has 3 unspecified atom stereocenters. The lowest BCUT2D eigenvalue weighted by molar-refractivity contribution is -0.149. The Morgan fingerprint density at radius 2 is 2.00 bits per heavy atom. The molecule has 1 aliphatic rings. The molecule has 0 aromatic heterocycles. The van der Waals surface area contributed by atoms with Gasteiger partial charge in [-0.05, 0) is 47.5 Å². The molecule has 1 saturated heterocycles. The van der Waals surface area contributed by atoms with E-state index in [0.717, 1.165) is 6.42 Å². The van der Waals surface area contributed by atoms with Gasteiger partial charge in [0.1, 0.15) is 5.60 Å². The summed E-state index contributed by atoms with van der Waals surface area (Å²) in [7, 11) is 0. The van der Waals surface area contributed by atoms with Crippen LogP contribution in [0.5, 0.6) is 0 Å². The van der Waals surface area contributed by atoms with Gasteiger partial charge in [-0.15, -0.1) is 0 Å². The average Bonchev–Trinajstić information content (AvgIpc) is 2.68. The van der Waals surface area contributed by atoms with Crippen LogP contribution < -0.4 is 0 Å². The zero-order valence-electron chi connectivity index (χ0n) is 12.9. The summed E-state index contributed by atoms with van der Waals surface area (Å²) in [5.74, 6) is -1.06. The lowest BCUT2D eigenvalue weighted by atomic mass is 10.1. The van der Waals surface area contributed by atoms with E-state index in [1.165, 1.54) is 4.90 Å². The number of rotatable bonds is 4. The van der Waals surface area contributed by atoms with Crippen molar-refractivity contribution in [3.05, 3.63) is 0 Å². The van der Waals surface area contributed by atoms with Gasteiger partial charge in [-0.3, -0.25) is 4.90 Å². The molecule has 0 aliphatic carbocycles. The summed E-state index contributed by atoms with van der Waals surface area (Å²) in [5, 5.41) is 9.44. The van der Waals surface area contributed by atoms with Gasteiger partial charge in [-0.1, -0.05) is 0 Å². The Hall–Kier alpha value is -1.30. The van der Waals surface area contributed by atoms with Crippen LogP contribution in [0.3, 0.4) is 0 Å². The monoisotopic (exact) mass is 287 g/mol. The van der Waals surface area contributed by atoms with Crippen molar-refractivity contribution >= 4 is 12.1 Å². The van der Waals surface area contributed by atoms with Crippen LogP contribution >= 0.6 is 0 Å². The highest BCUT2D eigenvalue weighted by Crippen LogP contribution is 2.25. The fraction of sp³-hybridized carbons (Fsp3) is 0.857. The third kappa shape index (κ3) is 4.37. The lowest BCUT2D eigenvalue weighted by Gasteiger charge is -2.33. The SMILES string of the molecule is CCN(C(=O)OC(C)(C)C)C(C(=O)O)C1CCC(C)O1. The van der Waals surface area contributed by atoms with Crippen molar-refractivity contribution in [2.45, 2.75) is 71.3 Å². The van der Waals surface area contributed by atoms with Gasteiger partial charge in [0.2, 0.25) is 0 Å². The van der Waals surface area contributed by atoms with E-state index in [9.17, 15) is 14.7 Å². The van der Waals surface area contributed by atoms with E-state index in [1.807, 2.05) is 6.92 Å². The standard InChI is InChI=1S/C14H25NO5/c1-6-15(13(18)20-14(3,4)5)11(12(16)17)10-8-7-9(2)19-10/h9-11H,6-8H2,1-5H3,(H,16,17). The number of carbonyl (C=O) groups is 2. The minimum absolute atomic E-state index is 0.0270. The van der Waals surface area contributed by atoms with Crippen LogP contribution in [0.2, 0.25) is 0 Å². The zero-order chi connectivity index (χ0) is 15.5. The number of likely N-dealkylation sites (N-methyl/N-ethyl adjacent to an activating group) is 1. The number of carboxylic acids is 1. The highest BCUT2D eigenvalue weighted by atomic mass is 16.6. The predicted octanol–water partition coefficient (Wildman–Crippen LogP) is 2.26. The molecule has 1 heterocycles. The van der Waals surface area contributed by atoms with E-state index in [0.29, 0.717) is 6.42 Å². The Balaban J connectivity index is 2.87. The number of hydrogen-bond donors (Lipinski definition) is 1. The van der Waals surface area contributed by atoms with Crippen LogP contribution in [0, 0.1) is 0 Å². The number of carboxylic acid groups (broad SMARTS) is 1. The normalized spacial score (nSPS) is 24.2. The summed E-state index contributed by atoms with van der Waals surface area (Å²) in [6, 6.07) is -1.00. The largest absolute Gasteiger partial charge is 0.480 e. The highest BCUT2D eigenvalue weighted by Gasteiger charge is 2.41. The molecule has 6 nitrogen and oxygen atoms in total. The second-order valence-corrected chi connectivity index (χ2v) is 6.11. The van der Waals surface area contributed by atoms with Gasteiger partial charge in [-0.2, -0.15) is 0 Å². The van der Waals surface area contributed by atoms with Crippen molar-refractivity contribution in [3.8, 4) is 0 Å². The van der Waals surface area contributed by atoms with Crippen LogP contribution in [0.1, 0.15) is 47.5 Å². The van der Waals surface area contributed by atoms with Crippen molar-refractivity contribution < 1.29 is 24.2 Å². The van der Waals surface area contributed by atoms with Crippen LogP contribution in [0.25, 0.3) is 0 Å². The second kappa shape index (κ2) is 6.43. The van der Waals surface area contributed by atoms with Gasteiger partial charge >= 0.3 is 12.1 Å². The van der Waals surface area contributed by atoms with E-state index in [1.54, 1.807) is 27.7 Å². The Morgan fingerprint density at radius 1 is 1.40 bits per heavy atom. The molecule has 0 saturated carbocycles. The molecule has 0 aromatic rings. The van der Waals surface area contributed by atoms with Gasteiger partial charge in [0.05, 0.1) is 12.2 Å². The number of carbonyl (C=O) groups excluding carboxylic acids is 1. The van der Waals surface area contributed by atoms with Crippen LogP contribution in [0.15, 0.2) is 0 Å². The van der Waals surface area contributed by atoms with Gasteiger partial charge in [0, 0.05) is 6.54 Å². The van der Waals surface area contributed by atoms with E-state index >= 15 is 0 Å². The Bertz CT molecular complexity index is 363. The van der Waals surface area contributed by atoms with E-state index in [-0.39, 0.29) is 12.6 Å². The van der Waals surface area contributed by atoms with Gasteiger partial charge < -0.3 is 14.6 Å². The maximum Gasteiger partial charge on any atom is 0.411 e. The van der Waals surface area contributed by atoms with Crippen molar-refractivity contribution in [3.63, 3.8) is 0 Å². The summed E-state index contributed by atoms with van der Waals surface area (Å²) in [5.41, 5.74) is -0.655. The highest BCUT2D eigenvalue weighted by molar-refractivity contribution is 5.80. The third-order valence-corrected chi connectivity index (χ3v) is 3.17. The molecule has 116 valence electrons. The fourth-order valence-corrected chi connectivity index (χ4v) is 2.32. The van der Waals surface area contributed by atoms with E-state index in [4.69, 9.17) is 9.47 Å². The Labute approximate surface area is 120 Å². The van der Waals surface area contributed by atoms with Crippen molar-refractivity contribution in [1.82, 2.24) is 4.90 Å². The molecule has 0 bridgehead atoms. The molecular formula is C14H25NO5. The summed E-state index contributed by atoms with van der Waals surface area (Å²) in [4.78, 5) is 24.9. The summed E-state index contributed by atoms with van der Waals surface area (Å²) in [6.45, 7) is 9.16. The summed E-state index contributed by atoms with van der Waals surface area (Å²) in [6.07, 6.45) is 0.377. The second-order valence-electron chi connectivity index (χ2n) is 6.11. The smallest absolute Gasteiger partial charge is 0.411 e. The first kappa shape index (κ1) is 16.8. The first-order chi connectivity index (χ1) is 9.15. The molecule has 1 N–H and O–H groups in total. The van der Waals surface area contributed by atoms with Crippen LogP contribution in [0.4, 0.5) is 4.79 Å². The number of aliphatic carboxylic acids is 1. The zero-order valence-corrected chi connectivity index (χ0v) is 12.9. The van der Waals surface area contributed by atoms with E-state index in [2.05, 4.69) is 0 Å². The minimum Gasteiger partial charge on any atom is -0.480 e. The minimum atomic E-state index is -1.06. The molecule has 3 atom stereocenters. The Kier molecular flexibility index (Phi) is 5.39. The quantitative estimate of drug-likeness (QED) is 0.858. The average molecular weight is 287 g/mol. The molecule has 20 heavy (non-hydrogen) atoms. The maximum atomic E-state index is 12.2. The molecule has 0 spiro atoms. The summed E-state index contributed by atoms with van der Waals surface area (Å²) < 4.78 is 10.9. The molecule has 0 aromatic carbocycles. The maximum absolute atomic E-state index is 12.2. The number of hydrogen-bond acceptors (Lipinski definition) is 4. The van der Waals surface area contributed by atoms with Gasteiger partial charge in [-0.25, -0.2) is 9.59 Å². The Morgan fingerprint density at radius 3 is 2.35 bits per heavy atom. The molecular weight excluding hydrogens is 262 g/mol. The molecule has 0 radical (unpaired) electrons. The molecule has 6 heteroatoms. The van der Waals surface area contributed by atoms with Crippen molar-refractivity contribution in [1.29, 1.82) is 0 Å². The van der Waals surface area contributed by atoms with Gasteiger partial charge in [0.25, 0.3) is 0 Å². The molecule has 1 aliphatic heterocycles. The lowest BCUT2D eigenvalue weighted by Crippen LogP contribution is -2.52. The topological polar surface area (TPSA) is 76.1 Å². The van der Waals surface area contributed by atoms with Gasteiger partial charge in [0.15, 0.2) is 6.04 Å². The van der Waals surface area contributed by atoms with E-state index < -0.39 is 29.8 Å². The van der Waals surface area contributed by atoms with Crippen molar-refractivity contribution in [2.75, 3.05) is 6.54 Å². The fourth-order valence-electron chi connectivity index (χ4n) is 2.32. The van der Waals surface area contributed by atoms with Crippen molar-refractivity contribution in [2.24, 2.45) is 0 Å².